The Morgan fingerprint density at radius 2 is 2.07 bits per heavy atom. The first-order valence-electron chi connectivity index (χ1n) is 4.42. The van der Waals surface area contributed by atoms with Crippen LogP contribution in [0.1, 0.15) is 18.9 Å². The van der Waals surface area contributed by atoms with Crippen LogP contribution in [0.4, 0.5) is 0 Å². The minimum atomic E-state index is -1.08. The summed E-state index contributed by atoms with van der Waals surface area (Å²) in [4.78, 5) is 4.07. The maximum atomic E-state index is 10.2. The zero-order valence-electron chi connectivity index (χ0n) is 8.19. The molecule has 2 rings (SSSR count). The maximum absolute atomic E-state index is 10.2. The average molecular weight is 215 g/mol. The third kappa shape index (κ3) is 1.81. The van der Waals surface area contributed by atoms with Gasteiger partial charge in [-0.25, -0.2) is 4.98 Å². The Hall–Kier alpha value is -0.490. The Morgan fingerprint density at radius 1 is 1.43 bits per heavy atom. The Kier molecular flexibility index (Phi) is 2.35. The van der Waals surface area contributed by atoms with Crippen molar-refractivity contribution in [1.82, 2.24) is 4.98 Å². The van der Waals surface area contributed by atoms with Crippen molar-refractivity contribution >= 4 is 11.3 Å². The van der Waals surface area contributed by atoms with Gasteiger partial charge >= 0.3 is 0 Å². The third-order valence-corrected chi connectivity index (χ3v) is 3.11. The van der Waals surface area contributed by atoms with Gasteiger partial charge < -0.3 is 14.6 Å². The van der Waals surface area contributed by atoms with Gasteiger partial charge in [-0.15, -0.1) is 11.3 Å². The second kappa shape index (κ2) is 3.27. The van der Waals surface area contributed by atoms with Crippen LogP contribution >= 0.6 is 11.3 Å². The van der Waals surface area contributed by atoms with Crippen molar-refractivity contribution in [3.63, 3.8) is 0 Å². The summed E-state index contributed by atoms with van der Waals surface area (Å²) in [6.07, 6.45) is 1.66. The van der Waals surface area contributed by atoms with E-state index in [1.54, 1.807) is 6.20 Å². The fourth-order valence-corrected chi connectivity index (χ4v) is 1.96. The lowest BCUT2D eigenvalue weighted by molar-refractivity contribution is -0.304. The van der Waals surface area contributed by atoms with Crippen LogP contribution in [-0.2, 0) is 15.1 Å². The first kappa shape index (κ1) is 10.0. The topological polar surface area (TPSA) is 51.6 Å². The van der Waals surface area contributed by atoms with Gasteiger partial charge in [-0.05, 0) is 13.8 Å². The number of thiazole rings is 1. The maximum Gasteiger partial charge on any atom is 0.163 e. The van der Waals surface area contributed by atoms with Crippen LogP contribution in [0.3, 0.4) is 0 Å². The van der Waals surface area contributed by atoms with Crippen LogP contribution < -0.4 is 0 Å². The molecule has 0 atom stereocenters. The summed E-state index contributed by atoms with van der Waals surface area (Å²) in [7, 11) is 0. The fraction of sp³-hybridized carbons (Fsp3) is 0.667. The van der Waals surface area contributed by atoms with Crippen molar-refractivity contribution in [2.45, 2.75) is 25.2 Å². The van der Waals surface area contributed by atoms with Gasteiger partial charge in [0.05, 0.1) is 13.2 Å². The zero-order valence-corrected chi connectivity index (χ0v) is 9.00. The summed E-state index contributed by atoms with van der Waals surface area (Å²) in [5.74, 6) is -0.608. The monoisotopic (exact) mass is 215 g/mol. The molecule has 4 nitrogen and oxygen atoms in total. The lowest BCUT2D eigenvalue weighted by Crippen LogP contribution is -2.49. The van der Waals surface area contributed by atoms with Gasteiger partial charge in [0.25, 0.3) is 0 Å². The van der Waals surface area contributed by atoms with Crippen molar-refractivity contribution in [2.24, 2.45) is 0 Å². The molecule has 1 N–H and O–H groups in total. The van der Waals surface area contributed by atoms with Gasteiger partial charge in [0, 0.05) is 11.6 Å². The Balaban J connectivity index is 2.13. The van der Waals surface area contributed by atoms with E-state index in [1.165, 1.54) is 11.3 Å². The molecule has 1 aliphatic rings. The summed E-state index contributed by atoms with van der Waals surface area (Å²) in [5.41, 5.74) is -1.08. The van der Waals surface area contributed by atoms with Crippen LogP contribution in [0, 0.1) is 0 Å². The van der Waals surface area contributed by atoms with Crippen LogP contribution in [0.2, 0.25) is 0 Å². The van der Waals surface area contributed by atoms with Gasteiger partial charge in [0.2, 0.25) is 0 Å². The molecule has 0 unspecified atom stereocenters. The quantitative estimate of drug-likeness (QED) is 0.762. The molecule has 0 spiro atoms. The summed E-state index contributed by atoms with van der Waals surface area (Å²) in [6.45, 7) is 4.11. The highest BCUT2D eigenvalue weighted by atomic mass is 32.1. The molecular formula is C9H13NO3S. The molecule has 1 aromatic rings. The molecule has 0 bridgehead atoms. The van der Waals surface area contributed by atoms with E-state index in [0.29, 0.717) is 5.01 Å². The summed E-state index contributed by atoms with van der Waals surface area (Å²) in [5, 5.41) is 12.6. The molecule has 1 aromatic heterocycles. The van der Waals surface area contributed by atoms with Crippen LogP contribution in [0.5, 0.6) is 0 Å². The normalized spacial score (nSPS) is 24.8. The number of hydrogen-bond acceptors (Lipinski definition) is 5. The minimum absolute atomic E-state index is 0.230. The van der Waals surface area contributed by atoms with Gasteiger partial charge in [-0.3, -0.25) is 0 Å². The van der Waals surface area contributed by atoms with Crippen molar-refractivity contribution in [3.05, 3.63) is 16.6 Å². The summed E-state index contributed by atoms with van der Waals surface area (Å²) in [6, 6.07) is 0. The number of aliphatic hydroxyl groups is 1. The Labute approximate surface area is 86.5 Å². The minimum Gasteiger partial charge on any atom is -0.378 e. The molecule has 5 heteroatoms. The largest absolute Gasteiger partial charge is 0.378 e. The molecule has 2 heterocycles. The predicted molar refractivity (Wildman–Crippen MR) is 52.0 cm³/mol. The highest BCUT2D eigenvalue weighted by Crippen LogP contribution is 2.31. The van der Waals surface area contributed by atoms with E-state index < -0.39 is 11.4 Å². The molecule has 0 amide bonds. The highest BCUT2D eigenvalue weighted by molar-refractivity contribution is 7.09. The molecule has 78 valence electrons. The van der Waals surface area contributed by atoms with E-state index in [9.17, 15) is 5.11 Å². The van der Waals surface area contributed by atoms with Crippen LogP contribution in [0.15, 0.2) is 11.6 Å². The Bertz CT molecular complexity index is 300. The van der Waals surface area contributed by atoms with Crippen LogP contribution in [0.25, 0.3) is 0 Å². The van der Waals surface area contributed by atoms with Crippen molar-refractivity contribution in [2.75, 3.05) is 13.2 Å². The standard InChI is InChI=1S/C9H13NO3S/c1-8(2)12-5-9(11,6-13-8)7-10-3-4-14-7/h3-4,11H,5-6H2,1-2H3. The molecule has 0 radical (unpaired) electrons. The highest BCUT2D eigenvalue weighted by Gasteiger charge is 2.41. The SMILES string of the molecule is CC1(C)OCC(O)(c2nccs2)CO1. The first-order valence-corrected chi connectivity index (χ1v) is 5.30. The molecule has 1 aliphatic heterocycles. The number of hydrogen-bond donors (Lipinski definition) is 1. The van der Waals surface area contributed by atoms with E-state index in [-0.39, 0.29) is 13.2 Å². The van der Waals surface area contributed by atoms with E-state index in [4.69, 9.17) is 9.47 Å². The number of ether oxygens (including phenoxy) is 2. The first-order chi connectivity index (χ1) is 6.52. The van der Waals surface area contributed by atoms with E-state index in [2.05, 4.69) is 4.98 Å². The zero-order chi connectivity index (χ0) is 10.2. The molecule has 1 saturated heterocycles. The molecule has 1 fully saturated rings. The molecular weight excluding hydrogens is 202 g/mol. The number of aromatic nitrogens is 1. The van der Waals surface area contributed by atoms with Gasteiger partial charge in [-0.1, -0.05) is 0 Å². The summed E-state index contributed by atoms with van der Waals surface area (Å²) < 4.78 is 10.8. The van der Waals surface area contributed by atoms with E-state index >= 15 is 0 Å². The molecule has 14 heavy (non-hydrogen) atoms. The Morgan fingerprint density at radius 3 is 2.57 bits per heavy atom. The molecule has 0 aromatic carbocycles. The van der Waals surface area contributed by atoms with Gasteiger partial charge in [0.15, 0.2) is 11.4 Å². The lowest BCUT2D eigenvalue weighted by Gasteiger charge is -2.39. The molecule has 0 aliphatic carbocycles. The second-order valence-corrected chi connectivity index (χ2v) is 4.74. The van der Waals surface area contributed by atoms with Crippen molar-refractivity contribution in [3.8, 4) is 0 Å². The van der Waals surface area contributed by atoms with E-state index in [0.717, 1.165) is 0 Å². The second-order valence-electron chi connectivity index (χ2n) is 3.85. The van der Waals surface area contributed by atoms with Crippen LogP contribution in [-0.4, -0.2) is 29.1 Å². The van der Waals surface area contributed by atoms with Crippen molar-refractivity contribution < 1.29 is 14.6 Å². The van der Waals surface area contributed by atoms with Crippen molar-refractivity contribution in [1.29, 1.82) is 0 Å². The summed E-state index contributed by atoms with van der Waals surface area (Å²) >= 11 is 1.41. The molecule has 0 saturated carbocycles. The average Bonchev–Trinajstić information content (AvgIpc) is 2.64. The predicted octanol–water partition coefficient (Wildman–Crippen LogP) is 1.11. The number of nitrogens with zero attached hydrogens (tertiary/aromatic N) is 1. The number of rotatable bonds is 1. The third-order valence-electron chi connectivity index (χ3n) is 2.15. The van der Waals surface area contributed by atoms with Gasteiger partial charge in [-0.2, -0.15) is 0 Å². The van der Waals surface area contributed by atoms with E-state index in [1.807, 2.05) is 19.2 Å². The smallest absolute Gasteiger partial charge is 0.163 e. The fourth-order valence-electron chi connectivity index (χ4n) is 1.25. The van der Waals surface area contributed by atoms with Gasteiger partial charge in [0.1, 0.15) is 5.01 Å². The lowest BCUT2D eigenvalue weighted by atomic mass is 10.1.